The molecule has 1 aliphatic rings. The van der Waals surface area contributed by atoms with Gasteiger partial charge in [0.2, 0.25) is 5.91 Å². The first-order valence-electron chi connectivity index (χ1n) is 5.78. The van der Waals surface area contributed by atoms with Gasteiger partial charge in [-0.3, -0.25) is 4.79 Å². The van der Waals surface area contributed by atoms with Crippen molar-refractivity contribution in [3.63, 3.8) is 0 Å². The minimum atomic E-state index is -0.0154. The lowest BCUT2D eigenvalue weighted by atomic mass is 10.2. The Bertz CT molecular complexity index is 468. The van der Waals surface area contributed by atoms with Crippen LogP contribution in [0.3, 0.4) is 0 Å². The van der Waals surface area contributed by atoms with Gasteiger partial charge in [-0.05, 0) is 12.1 Å². The summed E-state index contributed by atoms with van der Waals surface area (Å²) in [6, 6.07) is 9.12. The molecule has 0 saturated carbocycles. The van der Waals surface area contributed by atoms with E-state index in [4.69, 9.17) is 14.7 Å². The van der Waals surface area contributed by atoms with E-state index in [1.54, 1.807) is 23.1 Å². The number of para-hydroxylation sites is 1. The smallest absolute Gasteiger partial charge is 0.248 e. The molecule has 1 heterocycles. The number of hydrogen-bond acceptors (Lipinski definition) is 4. The van der Waals surface area contributed by atoms with Gasteiger partial charge in [0.15, 0.2) is 0 Å². The van der Waals surface area contributed by atoms with Gasteiger partial charge in [-0.15, -0.1) is 0 Å². The molecule has 1 aromatic carbocycles. The number of hydrogen-bond donors (Lipinski definition) is 0. The van der Waals surface area contributed by atoms with E-state index in [1.165, 1.54) is 0 Å². The Kier molecular flexibility index (Phi) is 4.15. The predicted molar refractivity (Wildman–Crippen MR) is 64.1 cm³/mol. The fraction of sp³-hybridized carbons (Fsp3) is 0.385. The van der Waals surface area contributed by atoms with E-state index in [9.17, 15) is 4.79 Å². The van der Waals surface area contributed by atoms with Gasteiger partial charge in [-0.25, -0.2) is 0 Å². The molecule has 5 heteroatoms. The highest BCUT2D eigenvalue weighted by Gasteiger charge is 2.18. The fourth-order valence-corrected chi connectivity index (χ4v) is 1.74. The molecule has 0 bridgehead atoms. The van der Waals surface area contributed by atoms with Crippen molar-refractivity contribution in [2.75, 3.05) is 32.9 Å². The summed E-state index contributed by atoms with van der Waals surface area (Å²) in [5, 5.41) is 8.90. The lowest BCUT2D eigenvalue weighted by Gasteiger charge is -2.26. The van der Waals surface area contributed by atoms with Crippen molar-refractivity contribution in [3.8, 4) is 11.8 Å². The van der Waals surface area contributed by atoms with Crippen LogP contribution in [0.1, 0.15) is 5.56 Å². The van der Waals surface area contributed by atoms with Gasteiger partial charge in [0.25, 0.3) is 0 Å². The summed E-state index contributed by atoms with van der Waals surface area (Å²) >= 11 is 0. The van der Waals surface area contributed by atoms with E-state index in [0.29, 0.717) is 37.6 Å². The third-order valence-electron chi connectivity index (χ3n) is 2.71. The number of rotatable bonds is 4. The summed E-state index contributed by atoms with van der Waals surface area (Å²) in [4.78, 5) is 13.2. The highest BCUT2D eigenvalue weighted by molar-refractivity contribution is 5.77. The normalized spacial score (nSPS) is 15.3. The molecule has 1 fully saturated rings. The van der Waals surface area contributed by atoms with Crippen molar-refractivity contribution in [1.29, 1.82) is 5.26 Å². The Labute approximate surface area is 106 Å². The predicted octanol–water partition coefficient (Wildman–Crippen LogP) is 0.796. The fourth-order valence-electron chi connectivity index (χ4n) is 1.74. The van der Waals surface area contributed by atoms with Crippen LogP contribution in [0.5, 0.6) is 5.75 Å². The second-order valence-electron chi connectivity index (χ2n) is 3.89. The van der Waals surface area contributed by atoms with Crippen LogP contribution in [0.2, 0.25) is 0 Å². The number of nitriles is 1. The lowest BCUT2D eigenvalue weighted by molar-refractivity contribution is -0.143. The molecule has 1 aromatic rings. The van der Waals surface area contributed by atoms with E-state index in [1.807, 2.05) is 6.07 Å². The van der Waals surface area contributed by atoms with E-state index >= 15 is 0 Å². The number of morpholine rings is 1. The first-order chi connectivity index (χ1) is 8.81. The van der Waals surface area contributed by atoms with Gasteiger partial charge in [-0.2, -0.15) is 5.26 Å². The van der Waals surface area contributed by atoms with E-state index in [2.05, 4.69) is 6.07 Å². The minimum absolute atomic E-state index is 0.0154. The summed E-state index contributed by atoms with van der Waals surface area (Å²) in [6.45, 7) is 2.21. The average molecular weight is 246 g/mol. The molecular weight excluding hydrogens is 232 g/mol. The molecule has 0 N–H and O–H groups in total. The van der Waals surface area contributed by atoms with Crippen molar-refractivity contribution in [3.05, 3.63) is 29.8 Å². The third kappa shape index (κ3) is 2.99. The van der Waals surface area contributed by atoms with Crippen molar-refractivity contribution >= 4 is 5.91 Å². The second-order valence-corrected chi connectivity index (χ2v) is 3.89. The van der Waals surface area contributed by atoms with E-state index in [-0.39, 0.29) is 12.5 Å². The van der Waals surface area contributed by atoms with Crippen LogP contribution in [0.25, 0.3) is 0 Å². The van der Waals surface area contributed by atoms with Gasteiger partial charge < -0.3 is 14.4 Å². The highest BCUT2D eigenvalue weighted by Crippen LogP contribution is 2.16. The van der Waals surface area contributed by atoms with Crippen LogP contribution in [0, 0.1) is 11.3 Å². The van der Waals surface area contributed by atoms with Crippen LogP contribution < -0.4 is 4.74 Å². The van der Waals surface area contributed by atoms with Crippen LogP contribution >= 0.6 is 0 Å². The molecule has 5 nitrogen and oxygen atoms in total. The molecule has 18 heavy (non-hydrogen) atoms. The third-order valence-corrected chi connectivity index (χ3v) is 2.71. The monoisotopic (exact) mass is 246 g/mol. The molecule has 1 aliphatic heterocycles. The molecule has 0 aromatic heterocycles. The number of carbonyl (C=O) groups excluding carboxylic acids is 1. The maximum absolute atomic E-state index is 11.5. The molecular formula is C13H14N2O3. The van der Waals surface area contributed by atoms with Crippen LogP contribution in [-0.4, -0.2) is 43.7 Å². The van der Waals surface area contributed by atoms with Crippen LogP contribution in [-0.2, 0) is 9.53 Å². The summed E-state index contributed by atoms with van der Waals surface area (Å²) in [6.07, 6.45) is 0. The molecule has 94 valence electrons. The molecule has 0 atom stereocenters. The molecule has 0 spiro atoms. The zero-order valence-electron chi connectivity index (χ0n) is 9.96. The standard InChI is InChI=1S/C13H14N2O3/c14-9-11-3-1-2-4-12(11)18-8-6-15-5-7-17-10-13(15)16/h1-4H,5-8,10H2. The Morgan fingerprint density at radius 1 is 1.44 bits per heavy atom. The summed E-state index contributed by atoms with van der Waals surface area (Å²) in [5.41, 5.74) is 0.505. The van der Waals surface area contributed by atoms with Crippen molar-refractivity contribution in [2.45, 2.75) is 0 Å². The van der Waals surface area contributed by atoms with Gasteiger partial charge in [0.1, 0.15) is 25.0 Å². The molecule has 1 amide bonds. The van der Waals surface area contributed by atoms with Crippen molar-refractivity contribution in [2.24, 2.45) is 0 Å². The molecule has 2 rings (SSSR count). The quantitative estimate of drug-likeness (QED) is 0.788. The molecule has 0 aliphatic carbocycles. The number of nitrogens with zero attached hydrogens (tertiary/aromatic N) is 2. The van der Waals surface area contributed by atoms with Crippen LogP contribution in [0.15, 0.2) is 24.3 Å². The van der Waals surface area contributed by atoms with Gasteiger partial charge in [0.05, 0.1) is 18.7 Å². The summed E-state index contributed by atoms with van der Waals surface area (Å²) < 4.78 is 10.6. The number of ether oxygens (including phenoxy) is 2. The van der Waals surface area contributed by atoms with Gasteiger partial charge >= 0.3 is 0 Å². The zero-order chi connectivity index (χ0) is 12.8. The summed E-state index contributed by atoms with van der Waals surface area (Å²) in [7, 11) is 0. The maximum Gasteiger partial charge on any atom is 0.248 e. The SMILES string of the molecule is N#Cc1ccccc1OCCN1CCOCC1=O. The van der Waals surface area contributed by atoms with Crippen LogP contribution in [0.4, 0.5) is 0 Å². The first-order valence-corrected chi connectivity index (χ1v) is 5.78. The number of amides is 1. The number of carbonyl (C=O) groups is 1. The topological polar surface area (TPSA) is 62.6 Å². The van der Waals surface area contributed by atoms with E-state index < -0.39 is 0 Å². The molecule has 0 unspecified atom stereocenters. The Balaban J connectivity index is 1.85. The van der Waals surface area contributed by atoms with Crippen molar-refractivity contribution < 1.29 is 14.3 Å². The highest BCUT2D eigenvalue weighted by atomic mass is 16.5. The Morgan fingerprint density at radius 3 is 3.06 bits per heavy atom. The van der Waals surface area contributed by atoms with Gasteiger partial charge in [-0.1, -0.05) is 12.1 Å². The Morgan fingerprint density at radius 2 is 2.28 bits per heavy atom. The van der Waals surface area contributed by atoms with Crippen molar-refractivity contribution in [1.82, 2.24) is 4.90 Å². The average Bonchev–Trinajstić information content (AvgIpc) is 2.41. The maximum atomic E-state index is 11.5. The minimum Gasteiger partial charge on any atom is -0.490 e. The zero-order valence-corrected chi connectivity index (χ0v) is 9.96. The molecule has 0 radical (unpaired) electrons. The number of benzene rings is 1. The largest absolute Gasteiger partial charge is 0.490 e. The van der Waals surface area contributed by atoms with E-state index in [0.717, 1.165) is 0 Å². The lowest BCUT2D eigenvalue weighted by Crippen LogP contribution is -2.43. The second kappa shape index (κ2) is 6.03. The summed E-state index contributed by atoms with van der Waals surface area (Å²) in [5.74, 6) is 0.541. The first kappa shape index (κ1) is 12.4. The van der Waals surface area contributed by atoms with Gasteiger partial charge in [0, 0.05) is 6.54 Å². The Hall–Kier alpha value is -2.06. The molecule has 1 saturated heterocycles.